The van der Waals surface area contributed by atoms with Crippen molar-refractivity contribution in [2.45, 2.75) is 57.6 Å². The van der Waals surface area contributed by atoms with Crippen LogP contribution in [0.15, 0.2) is 67.1 Å². The summed E-state index contributed by atoms with van der Waals surface area (Å²) >= 11 is 0. The molecule has 0 spiro atoms. The summed E-state index contributed by atoms with van der Waals surface area (Å²) in [6.45, 7) is 9.66. The lowest BCUT2D eigenvalue weighted by molar-refractivity contribution is -0.340. The highest BCUT2D eigenvalue weighted by molar-refractivity contribution is 7.88. The smallest absolute Gasteiger partial charge is 0.267 e. The molecule has 49 heavy (non-hydrogen) atoms. The third-order valence-corrected chi connectivity index (χ3v) is 12.5. The maximum atomic E-state index is 11.5. The van der Waals surface area contributed by atoms with Gasteiger partial charge in [0.2, 0.25) is 0 Å². The van der Waals surface area contributed by atoms with Crippen LogP contribution in [0.3, 0.4) is 0 Å². The van der Waals surface area contributed by atoms with E-state index in [-0.39, 0.29) is 31.7 Å². The molecule has 0 heterocycles. The van der Waals surface area contributed by atoms with Crippen molar-refractivity contribution in [3.63, 3.8) is 0 Å². The first-order valence-corrected chi connectivity index (χ1v) is 22.3. The fourth-order valence-electron chi connectivity index (χ4n) is 3.55. The largest absolute Gasteiger partial charge is 0.790 e. The Bertz CT molecular complexity index is 1750. The lowest BCUT2D eigenvalue weighted by Crippen LogP contribution is -2.21. The minimum atomic E-state index is -5.64. The van der Waals surface area contributed by atoms with Gasteiger partial charge in [0.15, 0.2) is 0 Å². The van der Waals surface area contributed by atoms with E-state index < -0.39 is 68.6 Å². The second-order valence-electron chi connectivity index (χ2n) is 9.62. The molecule has 2 rings (SSSR count). The van der Waals surface area contributed by atoms with Gasteiger partial charge < -0.3 is 60.8 Å². The SMILES string of the molecule is C.C=CS(=O)(=O)[O-].C=Cc1ccc(CP(=O)([O-])OP(=O)([O-])[O-])cc1.CCC(CC(C)c1ccc(CP(=O)([O-])OP(=O)([O-])[O-])cc1)S(=O)(=O)O. The number of hydrogen-bond donors (Lipinski definition) is 1. The summed E-state index contributed by atoms with van der Waals surface area (Å²) < 4.78 is 110. The maximum absolute atomic E-state index is 11.5. The van der Waals surface area contributed by atoms with Crippen molar-refractivity contribution in [3.05, 3.63) is 89.4 Å². The normalized spacial score (nSPS) is 15.6. The van der Waals surface area contributed by atoms with Crippen LogP contribution in [0.5, 0.6) is 0 Å². The Hall–Kier alpha value is -1.66. The van der Waals surface area contributed by atoms with Crippen molar-refractivity contribution in [2.75, 3.05) is 0 Å². The minimum absolute atomic E-state index is 0. The molecule has 0 saturated heterocycles. The first-order chi connectivity index (χ1) is 21.5. The van der Waals surface area contributed by atoms with E-state index in [0.29, 0.717) is 16.5 Å². The van der Waals surface area contributed by atoms with Gasteiger partial charge in [-0.3, -0.25) is 4.55 Å². The zero-order chi connectivity index (χ0) is 37.8. The third-order valence-electron chi connectivity index (χ3n) is 5.66. The van der Waals surface area contributed by atoms with Crippen molar-refractivity contribution >= 4 is 57.1 Å². The fourth-order valence-corrected chi connectivity index (χ4v) is 8.72. The molecule has 0 aromatic heterocycles. The molecule has 0 bridgehead atoms. The minimum Gasteiger partial charge on any atom is -0.790 e. The van der Waals surface area contributed by atoms with Crippen molar-refractivity contribution < 1.29 is 82.2 Å². The highest BCUT2D eigenvalue weighted by Gasteiger charge is 2.24. The van der Waals surface area contributed by atoms with Crippen molar-refractivity contribution in [1.82, 2.24) is 0 Å². The fraction of sp³-hybridized carbons (Fsp3) is 0.360. The molecule has 0 aliphatic rings. The predicted molar refractivity (Wildman–Crippen MR) is 168 cm³/mol. The van der Waals surface area contributed by atoms with Crippen LogP contribution in [0.2, 0.25) is 0 Å². The highest BCUT2D eigenvalue weighted by Crippen LogP contribution is 2.52. The Kier molecular flexibility index (Phi) is 20.6. The molecule has 0 amide bonds. The van der Waals surface area contributed by atoms with Crippen LogP contribution in [-0.4, -0.2) is 31.2 Å². The summed E-state index contributed by atoms with van der Waals surface area (Å²) in [6.07, 6.45) is 0.591. The molecular formula is C25H35O18P4S2-7. The first kappa shape index (κ1) is 49.5. The molecule has 0 radical (unpaired) electrons. The van der Waals surface area contributed by atoms with Crippen molar-refractivity contribution in [2.24, 2.45) is 0 Å². The van der Waals surface area contributed by atoms with Gasteiger partial charge in [-0.05, 0) is 41.0 Å². The van der Waals surface area contributed by atoms with E-state index in [1.54, 1.807) is 44.2 Å². The van der Waals surface area contributed by atoms with E-state index in [1.165, 1.54) is 24.3 Å². The molecule has 2 aromatic carbocycles. The zero-order valence-electron chi connectivity index (χ0n) is 25.2. The number of benzene rings is 2. The van der Waals surface area contributed by atoms with E-state index in [1.807, 2.05) is 0 Å². The van der Waals surface area contributed by atoms with Crippen LogP contribution in [0, 0.1) is 0 Å². The van der Waals surface area contributed by atoms with Gasteiger partial charge in [-0.25, -0.2) is 8.42 Å². The number of rotatable bonds is 15. The third kappa shape index (κ3) is 24.2. The molecule has 0 aliphatic heterocycles. The molecule has 4 atom stereocenters. The summed E-state index contributed by atoms with van der Waals surface area (Å²) in [5, 5.41) is -0.548. The standard InChI is InChI=1S/C13H22O9P2S.C9H12O6P2.C2H4O3S.CH4/c1-3-13(25(19,20)21)8-10(2)12-6-4-11(5-7-12)9-23(14,15)22-24(16,17)18;1-2-8-3-5-9(6-4-8)7-16(10,11)15-17(12,13)14;1-2-6(3,4)5;/h4-7,10,13H,3,8-9H2,1-2H3,(H,14,15)(H2,16,17,18)(H,19,20,21);2-6H,1,7H2,(H,10,11)(H2,12,13,14);2H,1H2,(H,3,4,5);1H4/p-7. The first-order valence-electron chi connectivity index (χ1n) is 12.9. The highest BCUT2D eigenvalue weighted by atomic mass is 32.2. The lowest BCUT2D eigenvalue weighted by atomic mass is 9.95. The summed E-state index contributed by atoms with van der Waals surface area (Å²) in [5.41, 5.74) is 2.03. The molecule has 0 saturated carbocycles. The lowest BCUT2D eigenvalue weighted by Gasteiger charge is -2.36. The van der Waals surface area contributed by atoms with E-state index in [0.717, 1.165) is 5.56 Å². The topological polar surface area (TPSA) is 337 Å². The van der Waals surface area contributed by atoms with E-state index in [4.69, 9.17) is 4.55 Å². The van der Waals surface area contributed by atoms with Crippen LogP contribution in [0.25, 0.3) is 6.08 Å². The quantitative estimate of drug-likeness (QED) is 0.195. The molecule has 24 heteroatoms. The van der Waals surface area contributed by atoms with Gasteiger partial charge in [-0.1, -0.05) is 89.0 Å². The van der Waals surface area contributed by atoms with Crippen molar-refractivity contribution in [1.29, 1.82) is 0 Å². The van der Waals surface area contributed by atoms with Gasteiger partial charge in [0.25, 0.3) is 10.1 Å². The van der Waals surface area contributed by atoms with E-state index in [9.17, 15) is 69.0 Å². The van der Waals surface area contributed by atoms with Crippen LogP contribution in [0.4, 0.5) is 0 Å². The van der Waals surface area contributed by atoms with E-state index in [2.05, 4.69) is 21.8 Å². The monoisotopic (exact) mass is 811 g/mol. The Morgan fingerprint density at radius 3 is 1.39 bits per heavy atom. The van der Waals surface area contributed by atoms with Gasteiger partial charge in [0.1, 0.15) is 25.3 Å². The molecular weight excluding hydrogens is 776 g/mol. The average Bonchev–Trinajstić information content (AvgIpc) is 2.89. The molecule has 18 nitrogen and oxygen atoms in total. The molecule has 282 valence electrons. The predicted octanol–water partition coefficient (Wildman–Crippen LogP) is 1.28. The van der Waals surface area contributed by atoms with Crippen LogP contribution >= 0.6 is 30.8 Å². The van der Waals surface area contributed by atoms with Crippen LogP contribution < -0.4 is 29.4 Å². The van der Waals surface area contributed by atoms with E-state index >= 15 is 0 Å². The number of phosphoric acid groups is 2. The second kappa shape index (κ2) is 20.4. The Morgan fingerprint density at radius 2 is 1.12 bits per heavy atom. The summed E-state index contributed by atoms with van der Waals surface area (Å²) in [6, 6.07) is 12.1. The Balaban J connectivity index is 0. The maximum Gasteiger partial charge on any atom is 0.267 e. The number of hydrogen-bond acceptors (Lipinski definition) is 17. The van der Waals surface area contributed by atoms with Gasteiger partial charge >= 0.3 is 0 Å². The zero-order valence-corrected chi connectivity index (χ0v) is 30.4. The molecule has 0 aliphatic carbocycles. The van der Waals surface area contributed by atoms with Crippen molar-refractivity contribution in [3.8, 4) is 0 Å². The average molecular weight is 812 g/mol. The Morgan fingerprint density at radius 1 is 0.776 bits per heavy atom. The molecule has 0 fully saturated rings. The van der Waals surface area contributed by atoms with Crippen LogP contribution in [0.1, 0.15) is 62.3 Å². The van der Waals surface area contributed by atoms with Gasteiger partial charge in [0, 0.05) is 17.7 Å². The van der Waals surface area contributed by atoms with Gasteiger partial charge in [-0.2, -0.15) is 8.42 Å². The van der Waals surface area contributed by atoms with Gasteiger partial charge in [-0.15, -0.1) is 0 Å². The molecule has 4 unspecified atom stereocenters. The second-order valence-corrected chi connectivity index (χ2v) is 18.8. The van der Waals surface area contributed by atoms with Crippen LogP contribution in [-0.2, 0) is 59.4 Å². The summed E-state index contributed by atoms with van der Waals surface area (Å²) in [4.78, 5) is 63.9. The summed E-state index contributed by atoms with van der Waals surface area (Å²) in [5.74, 6) is -0.222. The van der Waals surface area contributed by atoms with Gasteiger partial charge in [0.05, 0.1) is 20.9 Å². The summed E-state index contributed by atoms with van der Waals surface area (Å²) in [7, 11) is -29.1. The Labute approximate surface area is 285 Å². The molecule has 1 N–H and O–H groups in total. The molecule has 2 aromatic rings.